The highest BCUT2D eigenvalue weighted by molar-refractivity contribution is 7.89. The first kappa shape index (κ1) is 14.7. The molecule has 9 heteroatoms. The number of rotatable bonds is 5. The number of nitrogens with zero attached hydrogens (tertiary/aromatic N) is 2. The minimum atomic E-state index is -4.01. The Hall–Kier alpha value is -1.25. The van der Waals surface area contributed by atoms with Gasteiger partial charge in [0, 0.05) is 23.8 Å². The van der Waals surface area contributed by atoms with E-state index in [-0.39, 0.29) is 16.0 Å². The number of hydrogen-bond donors (Lipinski definition) is 1. The van der Waals surface area contributed by atoms with Crippen molar-refractivity contribution in [3.8, 4) is 0 Å². The van der Waals surface area contributed by atoms with Gasteiger partial charge < -0.3 is 4.98 Å². The van der Waals surface area contributed by atoms with E-state index in [2.05, 4.69) is 9.97 Å². The lowest BCUT2D eigenvalue weighted by molar-refractivity contribution is 0.117. The Morgan fingerprint density at radius 2 is 2.19 bits per heavy atom. The topological polar surface area (TPSA) is 66.1 Å². The van der Waals surface area contributed by atoms with Gasteiger partial charge in [-0.3, -0.25) is 0 Å². The van der Waals surface area contributed by atoms with Crippen molar-refractivity contribution in [1.29, 1.82) is 0 Å². The second kappa shape index (κ2) is 5.19. The largest absolute Gasteiger partial charge is 0.345 e. The van der Waals surface area contributed by atoms with Crippen LogP contribution in [0, 0.1) is 0 Å². The molecule has 0 radical (unpaired) electrons. The van der Waals surface area contributed by atoms with Crippen LogP contribution in [0.25, 0.3) is 11.0 Å². The number of pyridine rings is 1. The number of hydrogen-bond acceptors (Lipinski definition) is 3. The van der Waals surface area contributed by atoms with Crippen LogP contribution in [-0.2, 0) is 10.0 Å². The molecule has 114 valence electrons. The van der Waals surface area contributed by atoms with Gasteiger partial charge in [0.05, 0.1) is 11.6 Å². The van der Waals surface area contributed by atoms with E-state index in [0.717, 1.165) is 4.31 Å². The maximum Gasteiger partial charge on any atom is 0.252 e. The fourth-order valence-corrected chi connectivity index (χ4v) is 4.20. The molecule has 0 aromatic carbocycles. The van der Waals surface area contributed by atoms with Crippen LogP contribution >= 0.6 is 11.6 Å². The summed E-state index contributed by atoms with van der Waals surface area (Å²) >= 11 is 5.83. The van der Waals surface area contributed by atoms with Crippen LogP contribution in [0.5, 0.6) is 0 Å². The Morgan fingerprint density at radius 3 is 2.81 bits per heavy atom. The van der Waals surface area contributed by atoms with Crippen LogP contribution in [0.15, 0.2) is 23.4 Å². The third-order valence-corrected chi connectivity index (χ3v) is 5.48. The average Bonchev–Trinajstić information content (AvgIpc) is 3.14. The van der Waals surface area contributed by atoms with E-state index < -0.39 is 23.0 Å². The van der Waals surface area contributed by atoms with Gasteiger partial charge in [-0.15, -0.1) is 0 Å². The maximum absolute atomic E-state index is 12.7. The fourth-order valence-electron chi connectivity index (χ4n) is 2.24. The van der Waals surface area contributed by atoms with Crippen LogP contribution in [0.2, 0.25) is 5.02 Å². The van der Waals surface area contributed by atoms with E-state index in [1.165, 1.54) is 18.5 Å². The van der Waals surface area contributed by atoms with Crippen LogP contribution in [0.1, 0.15) is 12.8 Å². The average molecular weight is 336 g/mol. The molecule has 0 saturated heterocycles. The number of halogens is 3. The molecule has 0 unspecified atom stereocenters. The highest BCUT2D eigenvalue weighted by Crippen LogP contribution is 2.35. The number of aromatic nitrogens is 2. The second-order valence-corrected chi connectivity index (χ2v) is 7.20. The molecular formula is C12H12ClF2N3O2S. The number of fused-ring (bicyclic) bond motifs is 1. The number of alkyl halides is 2. The lowest BCUT2D eigenvalue weighted by Gasteiger charge is -2.20. The summed E-state index contributed by atoms with van der Waals surface area (Å²) in [4.78, 5) is 6.63. The molecule has 0 aliphatic heterocycles. The molecule has 3 rings (SSSR count). The van der Waals surface area contributed by atoms with E-state index in [4.69, 9.17) is 11.6 Å². The molecule has 1 N–H and O–H groups in total. The molecule has 1 fully saturated rings. The molecular weight excluding hydrogens is 324 g/mol. The van der Waals surface area contributed by atoms with Gasteiger partial charge in [0.15, 0.2) is 0 Å². The lowest BCUT2D eigenvalue weighted by atomic mass is 10.3. The normalized spacial score (nSPS) is 16.2. The quantitative estimate of drug-likeness (QED) is 0.913. The molecule has 0 spiro atoms. The minimum absolute atomic E-state index is 0.0694. The van der Waals surface area contributed by atoms with Crippen molar-refractivity contribution in [2.45, 2.75) is 30.2 Å². The third kappa shape index (κ3) is 2.75. The number of nitrogens with one attached hydrogen (secondary N) is 1. The van der Waals surface area contributed by atoms with Gasteiger partial charge in [0.25, 0.3) is 6.43 Å². The molecule has 0 bridgehead atoms. The highest BCUT2D eigenvalue weighted by Gasteiger charge is 2.40. The number of H-pyrrole nitrogens is 1. The van der Waals surface area contributed by atoms with Gasteiger partial charge >= 0.3 is 0 Å². The van der Waals surface area contributed by atoms with Crippen LogP contribution in [0.4, 0.5) is 8.78 Å². The van der Waals surface area contributed by atoms with E-state index in [1.807, 2.05) is 0 Å². The second-order valence-electron chi connectivity index (χ2n) is 4.90. The summed E-state index contributed by atoms with van der Waals surface area (Å²) in [5.74, 6) is 0. The van der Waals surface area contributed by atoms with Gasteiger partial charge in [0.1, 0.15) is 10.5 Å². The zero-order valence-electron chi connectivity index (χ0n) is 10.8. The monoisotopic (exact) mass is 335 g/mol. The molecule has 5 nitrogen and oxygen atoms in total. The van der Waals surface area contributed by atoms with Crippen molar-refractivity contribution in [1.82, 2.24) is 14.3 Å². The van der Waals surface area contributed by atoms with Crippen LogP contribution < -0.4 is 0 Å². The van der Waals surface area contributed by atoms with Gasteiger partial charge in [-0.25, -0.2) is 22.2 Å². The van der Waals surface area contributed by atoms with E-state index in [1.54, 1.807) is 0 Å². The molecule has 1 saturated carbocycles. The highest BCUT2D eigenvalue weighted by atomic mass is 35.5. The molecule has 0 amide bonds. The Morgan fingerprint density at radius 1 is 1.48 bits per heavy atom. The Kier molecular flexibility index (Phi) is 3.62. The lowest BCUT2D eigenvalue weighted by Crippen LogP contribution is -2.36. The zero-order chi connectivity index (χ0) is 15.2. The fraction of sp³-hybridized carbons (Fsp3) is 0.417. The standard InChI is InChI=1S/C12H12ClF2N3O2S/c13-7-3-9-10(5-17-12(9)16-4-7)21(19,20)18(6-11(14)15)8-1-2-8/h3-5,8,11H,1-2,6H2,(H,16,17). The first-order valence-corrected chi connectivity index (χ1v) is 8.14. The Balaban J connectivity index is 2.08. The summed E-state index contributed by atoms with van der Waals surface area (Å²) in [5, 5.41) is 0.591. The third-order valence-electron chi connectivity index (χ3n) is 3.32. The first-order chi connectivity index (χ1) is 9.89. The SMILES string of the molecule is O=S(=O)(c1c[nH]c2ncc(Cl)cc12)N(CC(F)F)C1CC1. The number of sulfonamides is 1. The van der Waals surface area contributed by atoms with Gasteiger partial charge in [-0.2, -0.15) is 4.31 Å². The van der Waals surface area contributed by atoms with Crippen molar-refractivity contribution >= 4 is 32.7 Å². The van der Waals surface area contributed by atoms with Crippen molar-refractivity contribution in [3.63, 3.8) is 0 Å². The molecule has 21 heavy (non-hydrogen) atoms. The smallest absolute Gasteiger partial charge is 0.252 e. The first-order valence-electron chi connectivity index (χ1n) is 6.32. The molecule has 2 heterocycles. The molecule has 1 aliphatic rings. The van der Waals surface area contributed by atoms with E-state index in [9.17, 15) is 17.2 Å². The van der Waals surface area contributed by atoms with Gasteiger partial charge in [-0.1, -0.05) is 11.6 Å². The molecule has 2 aromatic heterocycles. The van der Waals surface area contributed by atoms with Crippen LogP contribution in [0.3, 0.4) is 0 Å². The zero-order valence-corrected chi connectivity index (χ0v) is 12.3. The maximum atomic E-state index is 12.7. The van der Waals surface area contributed by atoms with E-state index in [0.29, 0.717) is 23.9 Å². The van der Waals surface area contributed by atoms with Crippen molar-refractivity contribution in [3.05, 3.63) is 23.5 Å². The van der Waals surface area contributed by atoms with Crippen molar-refractivity contribution < 1.29 is 17.2 Å². The van der Waals surface area contributed by atoms with Gasteiger partial charge in [-0.05, 0) is 18.9 Å². The number of aromatic amines is 1. The predicted molar refractivity (Wildman–Crippen MR) is 74.0 cm³/mol. The Bertz CT molecular complexity index is 774. The molecule has 0 atom stereocenters. The summed E-state index contributed by atoms with van der Waals surface area (Å²) in [6.45, 7) is -0.798. The summed E-state index contributed by atoms with van der Waals surface area (Å²) in [5.41, 5.74) is 0.353. The summed E-state index contributed by atoms with van der Waals surface area (Å²) in [7, 11) is -4.01. The van der Waals surface area contributed by atoms with Gasteiger partial charge in [0.2, 0.25) is 10.0 Å². The van der Waals surface area contributed by atoms with Crippen LogP contribution in [-0.4, -0.2) is 41.7 Å². The minimum Gasteiger partial charge on any atom is -0.345 e. The molecule has 2 aromatic rings. The van der Waals surface area contributed by atoms with Crippen molar-refractivity contribution in [2.24, 2.45) is 0 Å². The summed E-state index contributed by atoms with van der Waals surface area (Å²) < 4.78 is 51.5. The molecule has 1 aliphatic carbocycles. The van der Waals surface area contributed by atoms with Crippen molar-refractivity contribution in [2.75, 3.05) is 6.54 Å². The summed E-state index contributed by atoms with van der Waals surface area (Å²) in [6, 6.07) is 1.11. The Labute approximate surface area is 125 Å². The summed E-state index contributed by atoms with van der Waals surface area (Å²) in [6.07, 6.45) is 1.15. The van der Waals surface area contributed by atoms with E-state index >= 15 is 0 Å². The predicted octanol–water partition coefficient (Wildman–Crippen LogP) is 2.63.